The minimum Gasteiger partial charge on any atom is -0.444 e. The lowest BCUT2D eigenvalue weighted by Crippen LogP contribution is -2.14. The third kappa shape index (κ3) is 5.60. The van der Waals surface area contributed by atoms with Crippen LogP contribution in [-0.2, 0) is 17.5 Å². The number of nitrogens with one attached hydrogen (secondary N) is 1. The molecule has 3 rings (SSSR count). The maximum Gasteiger partial charge on any atom is 0.416 e. The van der Waals surface area contributed by atoms with E-state index in [1.54, 1.807) is 12.1 Å². The average molecular weight is 446 g/mol. The number of rotatable bonds is 5. The van der Waals surface area contributed by atoms with E-state index < -0.39 is 17.8 Å². The Hall–Kier alpha value is -2.30. The summed E-state index contributed by atoms with van der Waals surface area (Å²) in [4.78, 5) is 12.8. The van der Waals surface area contributed by atoms with Gasteiger partial charge in [-0.05, 0) is 53.5 Å². The first kappa shape index (κ1) is 20.4. The number of halogens is 4. The summed E-state index contributed by atoms with van der Waals surface area (Å²) >= 11 is 8.26. The molecule has 0 aliphatic carbocycles. The van der Waals surface area contributed by atoms with Gasteiger partial charge >= 0.3 is 12.3 Å². The molecule has 0 atom stereocenters. The molecule has 0 spiro atoms. The van der Waals surface area contributed by atoms with Crippen molar-refractivity contribution in [2.75, 3.05) is 5.32 Å². The standard InChI is InChI=1S/C17H11ClF3N3O2S2/c18-12-4-6-13(7-5-12)27-15-14(23-24-28-15)22-16(25)26-9-10-2-1-3-11(8-10)17(19,20)21/h1-8H,9H2,(H,22,25). The van der Waals surface area contributed by atoms with E-state index in [1.807, 2.05) is 12.1 Å². The van der Waals surface area contributed by atoms with E-state index in [9.17, 15) is 18.0 Å². The van der Waals surface area contributed by atoms with Crippen molar-refractivity contribution in [2.24, 2.45) is 0 Å². The summed E-state index contributed by atoms with van der Waals surface area (Å²) < 4.78 is 47.6. The van der Waals surface area contributed by atoms with Crippen LogP contribution >= 0.6 is 34.9 Å². The zero-order chi connectivity index (χ0) is 20.1. The van der Waals surface area contributed by atoms with Crippen molar-refractivity contribution in [1.82, 2.24) is 9.59 Å². The van der Waals surface area contributed by atoms with Crippen molar-refractivity contribution in [1.29, 1.82) is 0 Å². The Bertz CT molecular complexity index is 965. The molecule has 1 aromatic heterocycles. The molecule has 1 N–H and O–H groups in total. The first-order valence-electron chi connectivity index (χ1n) is 7.67. The monoisotopic (exact) mass is 445 g/mol. The zero-order valence-corrected chi connectivity index (χ0v) is 16.3. The second kappa shape index (κ2) is 8.80. The summed E-state index contributed by atoms with van der Waals surface area (Å²) in [6.07, 6.45) is -5.30. The number of amides is 1. The second-order valence-corrected chi connectivity index (χ2v) is 7.90. The molecular formula is C17H11ClF3N3O2S2. The van der Waals surface area contributed by atoms with E-state index in [1.165, 1.54) is 23.9 Å². The Morgan fingerprint density at radius 1 is 1.21 bits per heavy atom. The molecule has 3 aromatic rings. The molecule has 0 saturated heterocycles. The Kier molecular flexibility index (Phi) is 6.42. The molecule has 11 heteroatoms. The molecule has 2 aromatic carbocycles. The first-order chi connectivity index (χ1) is 13.3. The van der Waals surface area contributed by atoms with Gasteiger partial charge in [0.05, 0.1) is 5.56 Å². The summed E-state index contributed by atoms with van der Waals surface area (Å²) in [6.45, 7) is -0.313. The number of nitrogens with zero attached hydrogens (tertiary/aromatic N) is 2. The van der Waals surface area contributed by atoms with Gasteiger partial charge in [-0.2, -0.15) is 13.2 Å². The number of hydrogen-bond acceptors (Lipinski definition) is 6. The molecule has 146 valence electrons. The molecule has 0 aliphatic heterocycles. The first-order valence-corrected chi connectivity index (χ1v) is 9.64. The molecule has 0 saturated carbocycles. The summed E-state index contributed by atoms with van der Waals surface area (Å²) in [5.41, 5.74) is -0.587. The normalized spacial score (nSPS) is 11.3. The molecule has 1 heterocycles. The highest BCUT2D eigenvalue weighted by atomic mass is 35.5. The summed E-state index contributed by atoms with van der Waals surface area (Å²) in [7, 11) is 0. The van der Waals surface area contributed by atoms with Crippen LogP contribution in [0.4, 0.5) is 23.8 Å². The second-order valence-electron chi connectivity index (χ2n) is 5.36. The van der Waals surface area contributed by atoms with E-state index in [-0.39, 0.29) is 18.0 Å². The number of hydrogen-bond donors (Lipinski definition) is 1. The highest BCUT2D eigenvalue weighted by Gasteiger charge is 2.30. The van der Waals surface area contributed by atoms with E-state index in [4.69, 9.17) is 16.3 Å². The SMILES string of the molecule is O=C(Nc1nnsc1Sc1ccc(Cl)cc1)OCc1cccc(C(F)(F)F)c1. The van der Waals surface area contributed by atoms with Crippen LogP contribution < -0.4 is 5.32 Å². The van der Waals surface area contributed by atoms with Crippen LogP contribution in [0.15, 0.2) is 57.6 Å². The molecule has 0 radical (unpaired) electrons. The van der Waals surface area contributed by atoms with E-state index in [0.717, 1.165) is 28.6 Å². The Morgan fingerprint density at radius 2 is 1.96 bits per heavy atom. The number of ether oxygens (including phenoxy) is 1. The van der Waals surface area contributed by atoms with E-state index in [2.05, 4.69) is 14.9 Å². The minimum atomic E-state index is -4.46. The van der Waals surface area contributed by atoms with Crippen LogP contribution in [0.25, 0.3) is 0 Å². The smallest absolute Gasteiger partial charge is 0.416 e. The van der Waals surface area contributed by atoms with Gasteiger partial charge < -0.3 is 4.74 Å². The molecule has 1 amide bonds. The van der Waals surface area contributed by atoms with Gasteiger partial charge in [0.15, 0.2) is 5.82 Å². The lowest BCUT2D eigenvalue weighted by atomic mass is 10.1. The zero-order valence-electron chi connectivity index (χ0n) is 13.9. The van der Waals surface area contributed by atoms with Crippen LogP contribution in [0, 0.1) is 0 Å². The fourth-order valence-corrected chi connectivity index (χ4v) is 3.77. The predicted octanol–water partition coefficient (Wildman–Crippen LogP) is 6.11. The van der Waals surface area contributed by atoms with Gasteiger partial charge in [0.2, 0.25) is 0 Å². The summed E-state index contributed by atoms with van der Waals surface area (Å²) in [6, 6.07) is 11.7. The number of carbonyl (C=O) groups excluding carboxylic acids is 1. The highest BCUT2D eigenvalue weighted by molar-refractivity contribution is 8.01. The number of aromatic nitrogens is 2. The Labute approximate surface area is 171 Å². The molecule has 0 bridgehead atoms. The third-order valence-electron chi connectivity index (χ3n) is 3.33. The molecule has 0 fully saturated rings. The van der Waals surface area contributed by atoms with E-state index in [0.29, 0.717) is 9.23 Å². The van der Waals surface area contributed by atoms with Crippen LogP contribution in [-0.4, -0.2) is 15.7 Å². The number of alkyl halides is 3. The Balaban J connectivity index is 1.59. The molecule has 0 aliphatic rings. The summed E-state index contributed by atoms with van der Waals surface area (Å²) in [5, 5.41) is 6.88. The fraction of sp³-hybridized carbons (Fsp3) is 0.118. The number of anilines is 1. The van der Waals surface area contributed by atoms with Crippen molar-refractivity contribution in [3.05, 3.63) is 64.7 Å². The third-order valence-corrected chi connectivity index (χ3v) is 5.46. The van der Waals surface area contributed by atoms with Crippen LogP contribution in [0.2, 0.25) is 5.02 Å². The van der Waals surface area contributed by atoms with Crippen molar-refractivity contribution >= 4 is 46.8 Å². The van der Waals surface area contributed by atoms with Gasteiger partial charge in [-0.15, -0.1) is 5.10 Å². The molecule has 28 heavy (non-hydrogen) atoms. The predicted molar refractivity (Wildman–Crippen MR) is 101 cm³/mol. The lowest BCUT2D eigenvalue weighted by molar-refractivity contribution is -0.137. The quantitative estimate of drug-likeness (QED) is 0.513. The van der Waals surface area contributed by atoms with Crippen LogP contribution in [0.3, 0.4) is 0 Å². The van der Waals surface area contributed by atoms with Gasteiger partial charge in [-0.3, -0.25) is 5.32 Å². The molecule has 0 unspecified atom stereocenters. The molecule has 5 nitrogen and oxygen atoms in total. The largest absolute Gasteiger partial charge is 0.444 e. The van der Waals surface area contributed by atoms with Gasteiger partial charge in [0.1, 0.15) is 10.8 Å². The lowest BCUT2D eigenvalue weighted by Gasteiger charge is -2.09. The van der Waals surface area contributed by atoms with Gasteiger partial charge in [-0.25, -0.2) is 4.79 Å². The van der Waals surface area contributed by atoms with Crippen molar-refractivity contribution in [2.45, 2.75) is 21.9 Å². The Morgan fingerprint density at radius 3 is 2.68 bits per heavy atom. The maximum atomic E-state index is 12.7. The van der Waals surface area contributed by atoms with Crippen molar-refractivity contribution in [3.63, 3.8) is 0 Å². The van der Waals surface area contributed by atoms with Crippen molar-refractivity contribution in [3.8, 4) is 0 Å². The van der Waals surface area contributed by atoms with Crippen LogP contribution in [0.1, 0.15) is 11.1 Å². The summed E-state index contributed by atoms with van der Waals surface area (Å²) in [5.74, 6) is 0.207. The van der Waals surface area contributed by atoms with Gasteiger partial charge in [0, 0.05) is 9.92 Å². The van der Waals surface area contributed by atoms with Crippen LogP contribution in [0.5, 0.6) is 0 Å². The van der Waals surface area contributed by atoms with Gasteiger partial charge in [-0.1, -0.05) is 40.0 Å². The number of carbonyl (C=O) groups is 1. The highest BCUT2D eigenvalue weighted by Crippen LogP contribution is 2.35. The molecular weight excluding hydrogens is 435 g/mol. The average Bonchev–Trinajstić information content (AvgIpc) is 3.08. The topological polar surface area (TPSA) is 64.1 Å². The number of benzene rings is 2. The maximum absolute atomic E-state index is 12.7. The van der Waals surface area contributed by atoms with Crippen molar-refractivity contribution < 1.29 is 22.7 Å². The van der Waals surface area contributed by atoms with Gasteiger partial charge in [0.25, 0.3) is 0 Å². The minimum absolute atomic E-state index is 0.207. The fourth-order valence-electron chi connectivity index (χ4n) is 2.05. The van der Waals surface area contributed by atoms with E-state index >= 15 is 0 Å².